The molecule has 7 heteroatoms. The summed E-state index contributed by atoms with van der Waals surface area (Å²) >= 11 is -5.12. The van der Waals surface area contributed by atoms with Crippen LogP contribution in [-0.2, 0) is 29.9 Å². The van der Waals surface area contributed by atoms with Crippen LogP contribution in [0.1, 0.15) is 0 Å². The standard InChI is InChI=1S/AsH3O4.H2O.Zr/c2-1(3,4)5;;/h(H3,2,3,4,5);1H2;. The third-order valence-corrected chi connectivity index (χ3v) is 0. The fraction of sp³-hybridized carbons (Fsp3) is 0. The van der Waals surface area contributed by atoms with Crippen LogP contribution in [0.3, 0.4) is 0 Å². The van der Waals surface area contributed by atoms with Gasteiger partial charge in [-0.15, -0.1) is 0 Å². The van der Waals surface area contributed by atoms with E-state index in [0.29, 0.717) is 0 Å². The van der Waals surface area contributed by atoms with E-state index in [-0.39, 0.29) is 31.7 Å². The van der Waals surface area contributed by atoms with E-state index in [9.17, 15) is 0 Å². The van der Waals surface area contributed by atoms with Gasteiger partial charge in [0.2, 0.25) is 0 Å². The van der Waals surface area contributed by atoms with E-state index < -0.39 is 14.5 Å². The van der Waals surface area contributed by atoms with E-state index in [1.54, 1.807) is 0 Å². The molecule has 0 heterocycles. The van der Waals surface area contributed by atoms with Crippen molar-refractivity contribution in [3.8, 4) is 0 Å². The van der Waals surface area contributed by atoms with Crippen molar-refractivity contribution in [1.29, 1.82) is 0 Å². The zero-order chi connectivity index (χ0) is 4.50. The van der Waals surface area contributed by atoms with E-state index in [1.165, 1.54) is 0 Å². The molecule has 0 aromatic carbocycles. The van der Waals surface area contributed by atoms with Crippen LogP contribution in [-0.4, -0.2) is 32.3 Å². The molecular weight excluding hydrogens is 246 g/mol. The Morgan fingerprint density at radius 1 is 1.14 bits per heavy atom. The maximum atomic E-state index is 8.94. The first kappa shape index (κ1) is 15.7. The molecule has 0 aromatic rings. The van der Waals surface area contributed by atoms with Crippen molar-refractivity contribution in [2.75, 3.05) is 0 Å². The monoisotopic (exact) mass is 250 g/mol. The van der Waals surface area contributed by atoms with Crippen molar-refractivity contribution in [3.05, 3.63) is 0 Å². The fourth-order valence-electron chi connectivity index (χ4n) is 0. The SMILES string of the molecule is O.O=[As](O)(O)O.[Zr]. The molecule has 0 bridgehead atoms. The van der Waals surface area contributed by atoms with Gasteiger partial charge < -0.3 is 5.48 Å². The average molecular weight is 251 g/mol. The van der Waals surface area contributed by atoms with Gasteiger partial charge in [-0.2, -0.15) is 0 Å². The van der Waals surface area contributed by atoms with E-state index in [1.807, 2.05) is 0 Å². The Labute approximate surface area is 62.1 Å². The maximum absolute atomic E-state index is 8.94. The average Bonchev–Trinajstić information content (AvgIpc) is 0.722. The molecule has 0 aromatic heterocycles. The molecule has 0 aliphatic rings. The van der Waals surface area contributed by atoms with Crippen molar-refractivity contribution >= 4 is 14.5 Å². The minimum atomic E-state index is -5.12. The zero-order valence-corrected chi connectivity index (χ0v) is 7.53. The van der Waals surface area contributed by atoms with Crippen molar-refractivity contribution in [1.82, 2.24) is 0 Å². The Morgan fingerprint density at radius 2 is 1.14 bits per heavy atom. The molecule has 0 rings (SSSR count). The van der Waals surface area contributed by atoms with Crippen LogP contribution >= 0.6 is 0 Å². The Balaban J connectivity index is -0.0000000800. The molecule has 5 nitrogen and oxygen atoms in total. The third kappa shape index (κ3) is 156. The third-order valence-electron chi connectivity index (χ3n) is 0. The van der Waals surface area contributed by atoms with E-state index in [4.69, 9.17) is 16.0 Å². The van der Waals surface area contributed by atoms with Gasteiger partial charge in [-0.3, -0.25) is 0 Å². The summed E-state index contributed by atoms with van der Waals surface area (Å²) in [5.74, 6) is 0. The molecule has 0 aliphatic heterocycles. The Kier molecular flexibility index (Phi) is 11.7. The minimum Gasteiger partial charge on any atom is 0 e. The summed E-state index contributed by atoms with van der Waals surface area (Å²) in [7, 11) is 0. The normalized spacial score (nSPS) is 8.43. The molecule has 0 aliphatic carbocycles. The van der Waals surface area contributed by atoms with E-state index >= 15 is 0 Å². The van der Waals surface area contributed by atoms with Gasteiger partial charge in [-0.1, -0.05) is 0 Å². The van der Waals surface area contributed by atoms with Gasteiger partial charge in [0.05, 0.1) is 0 Å². The van der Waals surface area contributed by atoms with Crippen LogP contribution in [0.25, 0.3) is 0 Å². The molecular formula is H5AsO5Zr. The van der Waals surface area contributed by atoms with Gasteiger partial charge in [-0.05, 0) is 0 Å². The molecule has 0 saturated heterocycles. The first-order valence-electron chi connectivity index (χ1n) is 0.783. The van der Waals surface area contributed by atoms with E-state index in [0.717, 1.165) is 0 Å². The second-order valence-electron chi connectivity index (χ2n) is 0.513. The van der Waals surface area contributed by atoms with Gasteiger partial charge in [0.15, 0.2) is 0 Å². The molecule has 0 saturated carbocycles. The molecule has 44 valence electrons. The molecule has 0 fully saturated rings. The number of hydrogen-bond acceptors (Lipinski definition) is 1. The summed E-state index contributed by atoms with van der Waals surface area (Å²) in [5.41, 5.74) is 0. The van der Waals surface area contributed by atoms with E-state index in [2.05, 4.69) is 0 Å². The zero-order valence-electron chi connectivity index (χ0n) is 3.20. The first-order valence-corrected chi connectivity index (χ1v) is 4.07. The largest absolute Gasteiger partial charge is 0 e. The van der Waals surface area contributed by atoms with Crippen LogP contribution in [0.4, 0.5) is 0 Å². The molecule has 5 N–H and O–H groups in total. The summed E-state index contributed by atoms with van der Waals surface area (Å²) in [6.07, 6.45) is 0. The summed E-state index contributed by atoms with van der Waals surface area (Å²) in [6.45, 7) is 0. The van der Waals surface area contributed by atoms with Crippen molar-refractivity contribution < 1.29 is 47.7 Å². The summed E-state index contributed by atoms with van der Waals surface area (Å²) in [4.78, 5) is 0. The Bertz CT molecular complexity index is 54.2. The van der Waals surface area contributed by atoms with Crippen LogP contribution < -0.4 is 0 Å². The van der Waals surface area contributed by atoms with Crippen LogP contribution in [0.5, 0.6) is 0 Å². The summed E-state index contributed by atoms with van der Waals surface area (Å²) in [5, 5.41) is 0. The van der Waals surface area contributed by atoms with Crippen molar-refractivity contribution in [2.24, 2.45) is 0 Å². The Morgan fingerprint density at radius 3 is 1.14 bits per heavy atom. The molecule has 7 heavy (non-hydrogen) atoms. The van der Waals surface area contributed by atoms with Gasteiger partial charge in [0.25, 0.3) is 0 Å². The predicted octanol–water partition coefficient (Wildman–Crippen LogP) is -3.00. The number of hydrogen-bond donors (Lipinski definition) is 3. The molecule has 0 atom stereocenters. The number of rotatable bonds is 0. The van der Waals surface area contributed by atoms with Crippen molar-refractivity contribution in [3.63, 3.8) is 0 Å². The summed E-state index contributed by atoms with van der Waals surface area (Å²) in [6, 6.07) is 0. The van der Waals surface area contributed by atoms with Crippen LogP contribution in [0, 0.1) is 0 Å². The van der Waals surface area contributed by atoms with Gasteiger partial charge in [0.1, 0.15) is 0 Å². The maximum Gasteiger partial charge on any atom is 0 e. The quantitative estimate of drug-likeness (QED) is 0.399. The minimum absolute atomic E-state index is 0. The van der Waals surface area contributed by atoms with Crippen molar-refractivity contribution in [2.45, 2.75) is 0 Å². The Hall–Kier alpha value is 1.08. The topological polar surface area (TPSA) is 109 Å². The second kappa shape index (κ2) is 5.22. The molecule has 0 amide bonds. The van der Waals surface area contributed by atoms with Crippen LogP contribution in [0.15, 0.2) is 0 Å². The smallest absolute Gasteiger partial charge is 0 e. The molecule has 0 unspecified atom stereocenters. The molecule has 0 spiro atoms. The fourth-order valence-corrected chi connectivity index (χ4v) is 0. The van der Waals surface area contributed by atoms with Crippen LogP contribution in [0.2, 0.25) is 0 Å². The second-order valence-corrected chi connectivity index (χ2v) is 2.67. The van der Waals surface area contributed by atoms with Gasteiger partial charge >= 0.3 is 30.5 Å². The first-order chi connectivity index (χ1) is 2.00. The molecule has 0 radical (unpaired) electrons. The van der Waals surface area contributed by atoms with Gasteiger partial charge in [0, 0.05) is 26.2 Å². The predicted molar refractivity (Wildman–Crippen MR) is 16.7 cm³/mol. The van der Waals surface area contributed by atoms with Gasteiger partial charge in [-0.25, -0.2) is 0 Å². The summed E-state index contributed by atoms with van der Waals surface area (Å²) < 4.78 is 30.7.